The van der Waals surface area contributed by atoms with E-state index in [4.69, 9.17) is 11.5 Å². The number of rotatable bonds is 3. The lowest BCUT2D eigenvalue weighted by molar-refractivity contribution is -0.112. The van der Waals surface area contributed by atoms with Crippen LogP contribution in [-0.4, -0.2) is 11.0 Å². The fraction of sp³-hybridized carbons (Fsp3) is 0.154. The number of nitrogens with one attached hydrogen (secondary N) is 1. The maximum atomic E-state index is 11.8. The lowest BCUT2D eigenvalue weighted by Gasteiger charge is -2.08. The Kier molecular flexibility index (Phi) is 4.37. The quantitative estimate of drug-likeness (QED) is 0.215. The summed E-state index contributed by atoms with van der Waals surface area (Å²) in [6, 6.07) is 4.46. The van der Waals surface area contributed by atoms with Gasteiger partial charge in [0.25, 0.3) is 5.91 Å². The van der Waals surface area contributed by atoms with Crippen molar-refractivity contribution >= 4 is 17.3 Å². The van der Waals surface area contributed by atoms with Gasteiger partial charge in [0.2, 0.25) is 0 Å². The molecule has 0 fully saturated rings. The molecular formula is C13H17N3O2. The van der Waals surface area contributed by atoms with Gasteiger partial charge in [-0.25, -0.2) is 0 Å². The first-order chi connectivity index (χ1) is 8.40. The van der Waals surface area contributed by atoms with Crippen LogP contribution in [0.15, 0.2) is 41.6 Å². The molecule has 1 amide bonds. The molecule has 0 aliphatic carbocycles. The molecule has 0 spiro atoms. The average molecular weight is 247 g/mol. The maximum absolute atomic E-state index is 11.8. The maximum Gasteiger partial charge on any atom is 0.251 e. The number of amides is 1. The monoisotopic (exact) mass is 247 g/mol. The molecule has 1 aromatic rings. The van der Waals surface area contributed by atoms with Crippen molar-refractivity contribution in [3.63, 3.8) is 0 Å². The highest BCUT2D eigenvalue weighted by Crippen LogP contribution is 2.25. The third-order valence-corrected chi connectivity index (χ3v) is 2.22. The molecule has 5 heteroatoms. The van der Waals surface area contributed by atoms with Crippen LogP contribution in [0.3, 0.4) is 0 Å². The standard InChI is InChI=1S/C13H17N3O2/c1-8(3-4-9(2)14)13(18)16-11-7-10(15)5-6-12(11)17/h3-7,17H,14-15H2,1-2H3,(H,16,18)/b8-3+,9-4+. The number of nitrogens with two attached hydrogens (primary N) is 2. The van der Waals surface area contributed by atoms with Gasteiger partial charge in [-0.05, 0) is 38.1 Å². The Morgan fingerprint density at radius 2 is 2.00 bits per heavy atom. The Morgan fingerprint density at radius 3 is 2.61 bits per heavy atom. The molecular weight excluding hydrogens is 230 g/mol. The van der Waals surface area contributed by atoms with Gasteiger partial charge in [-0.2, -0.15) is 0 Å². The number of anilines is 2. The van der Waals surface area contributed by atoms with E-state index in [1.165, 1.54) is 12.1 Å². The van der Waals surface area contributed by atoms with Crippen LogP contribution in [0.2, 0.25) is 0 Å². The molecule has 5 nitrogen and oxygen atoms in total. The summed E-state index contributed by atoms with van der Waals surface area (Å²) in [5, 5.41) is 12.1. The van der Waals surface area contributed by atoms with Gasteiger partial charge in [-0.1, -0.05) is 6.08 Å². The number of carbonyl (C=O) groups excluding carboxylic acids is 1. The number of hydrogen-bond acceptors (Lipinski definition) is 4. The molecule has 0 radical (unpaired) electrons. The van der Waals surface area contributed by atoms with Crippen LogP contribution in [-0.2, 0) is 4.79 Å². The predicted octanol–water partition coefficient (Wildman–Crippen LogP) is 1.72. The SMILES string of the molecule is C/C(N)=C\C=C(/C)C(=O)Nc1cc(N)ccc1O. The highest BCUT2D eigenvalue weighted by molar-refractivity contribution is 6.04. The summed E-state index contributed by atoms with van der Waals surface area (Å²) in [6.07, 6.45) is 3.24. The summed E-state index contributed by atoms with van der Waals surface area (Å²) in [5.41, 5.74) is 12.9. The fourth-order valence-electron chi connectivity index (χ4n) is 1.21. The van der Waals surface area contributed by atoms with E-state index in [0.29, 0.717) is 17.0 Å². The Bertz CT molecular complexity index is 515. The molecule has 0 aliphatic heterocycles. The van der Waals surface area contributed by atoms with Crippen LogP contribution >= 0.6 is 0 Å². The third kappa shape index (κ3) is 3.86. The van der Waals surface area contributed by atoms with Crippen molar-refractivity contribution in [3.05, 3.63) is 41.6 Å². The minimum absolute atomic E-state index is 0.0316. The molecule has 1 aromatic carbocycles. The number of benzene rings is 1. The van der Waals surface area contributed by atoms with Crippen LogP contribution in [0.1, 0.15) is 13.8 Å². The Hall–Kier alpha value is -2.43. The highest BCUT2D eigenvalue weighted by atomic mass is 16.3. The van der Waals surface area contributed by atoms with E-state index in [0.717, 1.165) is 0 Å². The largest absolute Gasteiger partial charge is 0.506 e. The topological polar surface area (TPSA) is 101 Å². The van der Waals surface area contributed by atoms with Crippen molar-refractivity contribution in [2.75, 3.05) is 11.1 Å². The molecule has 0 saturated carbocycles. The van der Waals surface area contributed by atoms with Gasteiger partial charge in [0.15, 0.2) is 0 Å². The van der Waals surface area contributed by atoms with E-state index in [-0.39, 0.29) is 17.3 Å². The number of allylic oxidation sites excluding steroid dienone is 3. The predicted molar refractivity (Wildman–Crippen MR) is 72.9 cm³/mol. The first-order valence-electron chi connectivity index (χ1n) is 5.40. The summed E-state index contributed by atoms with van der Waals surface area (Å²) >= 11 is 0. The van der Waals surface area contributed by atoms with Crippen molar-refractivity contribution in [1.82, 2.24) is 0 Å². The first kappa shape index (κ1) is 13.6. The zero-order valence-corrected chi connectivity index (χ0v) is 10.4. The number of nitrogen functional groups attached to an aromatic ring is 1. The summed E-state index contributed by atoms with van der Waals surface area (Å²) in [6.45, 7) is 3.38. The molecule has 6 N–H and O–H groups in total. The second kappa shape index (κ2) is 5.77. The highest BCUT2D eigenvalue weighted by Gasteiger charge is 2.07. The Morgan fingerprint density at radius 1 is 1.33 bits per heavy atom. The van der Waals surface area contributed by atoms with Crippen molar-refractivity contribution in [3.8, 4) is 5.75 Å². The van der Waals surface area contributed by atoms with Crippen molar-refractivity contribution in [2.45, 2.75) is 13.8 Å². The van der Waals surface area contributed by atoms with Crippen molar-refractivity contribution < 1.29 is 9.90 Å². The van der Waals surface area contributed by atoms with E-state index >= 15 is 0 Å². The minimum Gasteiger partial charge on any atom is -0.506 e. The molecule has 0 saturated heterocycles. The normalized spacial score (nSPS) is 12.3. The Balaban J connectivity index is 2.85. The van der Waals surface area contributed by atoms with Gasteiger partial charge in [0.05, 0.1) is 5.69 Å². The zero-order valence-electron chi connectivity index (χ0n) is 10.4. The van der Waals surface area contributed by atoms with Crippen LogP contribution in [0.25, 0.3) is 0 Å². The molecule has 0 atom stereocenters. The summed E-state index contributed by atoms with van der Waals surface area (Å²) in [4.78, 5) is 11.8. The summed E-state index contributed by atoms with van der Waals surface area (Å²) < 4.78 is 0. The van der Waals surface area contributed by atoms with E-state index < -0.39 is 0 Å². The third-order valence-electron chi connectivity index (χ3n) is 2.22. The van der Waals surface area contributed by atoms with Gasteiger partial charge in [0.1, 0.15) is 5.75 Å². The van der Waals surface area contributed by atoms with E-state index in [1.807, 2.05) is 0 Å². The van der Waals surface area contributed by atoms with E-state index in [9.17, 15) is 9.90 Å². The lowest BCUT2D eigenvalue weighted by Crippen LogP contribution is -2.12. The van der Waals surface area contributed by atoms with Gasteiger partial charge < -0.3 is 21.9 Å². The molecule has 0 aliphatic rings. The Labute approximate surface area is 106 Å². The second-order valence-corrected chi connectivity index (χ2v) is 3.99. The molecule has 0 unspecified atom stereocenters. The van der Waals surface area contributed by atoms with Crippen molar-refractivity contribution in [2.24, 2.45) is 5.73 Å². The van der Waals surface area contributed by atoms with Crippen LogP contribution in [0, 0.1) is 0 Å². The molecule has 0 aromatic heterocycles. The van der Waals surface area contributed by atoms with Gasteiger partial charge in [0, 0.05) is 17.0 Å². The number of phenols is 1. The van der Waals surface area contributed by atoms with Crippen LogP contribution in [0.4, 0.5) is 11.4 Å². The summed E-state index contributed by atoms with van der Waals surface area (Å²) in [7, 11) is 0. The number of hydrogen-bond donors (Lipinski definition) is 4. The van der Waals surface area contributed by atoms with Crippen molar-refractivity contribution in [1.29, 1.82) is 0 Å². The van der Waals surface area contributed by atoms with Crippen LogP contribution in [0.5, 0.6) is 5.75 Å². The van der Waals surface area contributed by atoms with Gasteiger partial charge in [-0.3, -0.25) is 4.79 Å². The number of phenolic OH excluding ortho intramolecular Hbond substituents is 1. The van der Waals surface area contributed by atoms with Gasteiger partial charge >= 0.3 is 0 Å². The van der Waals surface area contributed by atoms with E-state index in [1.54, 1.807) is 32.1 Å². The molecule has 0 heterocycles. The average Bonchev–Trinajstić information content (AvgIpc) is 2.30. The second-order valence-electron chi connectivity index (χ2n) is 3.99. The molecule has 18 heavy (non-hydrogen) atoms. The fourth-order valence-corrected chi connectivity index (χ4v) is 1.21. The molecule has 96 valence electrons. The van der Waals surface area contributed by atoms with E-state index in [2.05, 4.69) is 5.32 Å². The van der Waals surface area contributed by atoms with Crippen LogP contribution < -0.4 is 16.8 Å². The smallest absolute Gasteiger partial charge is 0.251 e. The zero-order chi connectivity index (χ0) is 13.7. The number of aromatic hydroxyl groups is 1. The first-order valence-corrected chi connectivity index (χ1v) is 5.40. The minimum atomic E-state index is -0.326. The summed E-state index contributed by atoms with van der Waals surface area (Å²) in [5.74, 6) is -0.357. The molecule has 0 bridgehead atoms. The number of carbonyl (C=O) groups is 1. The lowest BCUT2D eigenvalue weighted by atomic mass is 10.2. The molecule has 1 rings (SSSR count). The van der Waals surface area contributed by atoms with Gasteiger partial charge in [-0.15, -0.1) is 0 Å².